The number of nitrogens with one attached hydrogen (secondary N) is 1. The van der Waals surface area contributed by atoms with Gasteiger partial charge in [-0.1, -0.05) is 47.8 Å². The van der Waals surface area contributed by atoms with Gasteiger partial charge in [-0.2, -0.15) is 0 Å². The lowest BCUT2D eigenvalue weighted by Gasteiger charge is -2.33. The fourth-order valence-corrected chi connectivity index (χ4v) is 4.78. The first-order valence-electron chi connectivity index (χ1n) is 10.3. The summed E-state index contributed by atoms with van der Waals surface area (Å²) in [5.41, 5.74) is 0.538. The Kier molecular flexibility index (Phi) is 9.99. The van der Waals surface area contributed by atoms with Gasteiger partial charge in [0.25, 0.3) is 0 Å². The maximum atomic E-state index is 13.6. The van der Waals surface area contributed by atoms with Gasteiger partial charge in [0.05, 0.1) is 17.0 Å². The third kappa shape index (κ3) is 7.21. The summed E-state index contributed by atoms with van der Waals surface area (Å²) in [6.45, 7) is 3.13. The average molecular weight is 553 g/mol. The van der Waals surface area contributed by atoms with E-state index in [2.05, 4.69) is 5.32 Å². The van der Waals surface area contributed by atoms with Gasteiger partial charge in [-0.25, -0.2) is 12.8 Å². The quantitative estimate of drug-likeness (QED) is 0.470. The summed E-state index contributed by atoms with van der Waals surface area (Å²) in [4.78, 5) is 27.5. The third-order valence-corrected chi connectivity index (χ3v) is 6.98. The number of sulfonamides is 1. The fourth-order valence-electron chi connectivity index (χ4n) is 3.30. The van der Waals surface area contributed by atoms with E-state index in [1.807, 2.05) is 0 Å². The van der Waals surface area contributed by atoms with Gasteiger partial charge in [0, 0.05) is 23.1 Å². The summed E-state index contributed by atoms with van der Waals surface area (Å²) < 4.78 is 39.5. The minimum atomic E-state index is -3.97. The number of amides is 2. The number of halogens is 4. The van der Waals surface area contributed by atoms with E-state index < -0.39 is 34.3 Å². The SMILES string of the molecule is CCNC(=O)[C@H](CC)N(Cc1ccc(Cl)cc1Cl)C(=O)CN(c1ccc(F)c(Cl)c1)S(C)(=O)=O. The van der Waals surface area contributed by atoms with Crippen LogP contribution in [0.4, 0.5) is 10.1 Å². The zero-order chi connectivity index (χ0) is 25.6. The number of hydrogen-bond donors (Lipinski definition) is 1. The zero-order valence-electron chi connectivity index (χ0n) is 18.8. The number of benzene rings is 2. The Morgan fingerprint density at radius 3 is 2.26 bits per heavy atom. The van der Waals surface area contributed by atoms with Gasteiger partial charge in [0.15, 0.2) is 0 Å². The van der Waals surface area contributed by atoms with Crippen LogP contribution in [0.1, 0.15) is 25.8 Å². The highest BCUT2D eigenvalue weighted by Gasteiger charge is 2.32. The van der Waals surface area contributed by atoms with Crippen LogP contribution in [0.3, 0.4) is 0 Å². The van der Waals surface area contributed by atoms with Gasteiger partial charge in [0.2, 0.25) is 21.8 Å². The van der Waals surface area contributed by atoms with E-state index >= 15 is 0 Å². The number of likely N-dealkylation sites (N-methyl/N-ethyl adjacent to an activating group) is 1. The first-order valence-corrected chi connectivity index (χ1v) is 13.3. The smallest absolute Gasteiger partial charge is 0.244 e. The van der Waals surface area contributed by atoms with Crippen molar-refractivity contribution in [2.45, 2.75) is 32.9 Å². The van der Waals surface area contributed by atoms with E-state index in [9.17, 15) is 22.4 Å². The second-order valence-corrected chi connectivity index (χ2v) is 10.6. The Morgan fingerprint density at radius 1 is 1.06 bits per heavy atom. The van der Waals surface area contributed by atoms with Gasteiger partial charge in [0.1, 0.15) is 18.4 Å². The first kappa shape index (κ1) is 28.2. The van der Waals surface area contributed by atoms with Crippen LogP contribution in [0.2, 0.25) is 15.1 Å². The zero-order valence-corrected chi connectivity index (χ0v) is 21.9. The topological polar surface area (TPSA) is 86.8 Å². The molecule has 0 aromatic heterocycles. The summed E-state index contributed by atoms with van der Waals surface area (Å²) in [7, 11) is -3.97. The Labute approximate surface area is 213 Å². The number of hydrogen-bond acceptors (Lipinski definition) is 4. The molecular weight excluding hydrogens is 528 g/mol. The molecule has 0 saturated carbocycles. The van der Waals surface area contributed by atoms with E-state index in [4.69, 9.17) is 34.8 Å². The molecule has 34 heavy (non-hydrogen) atoms. The van der Waals surface area contributed by atoms with Crippen LogP contribution < -0.4 is 9.62 Å². The van der Waals surface area contributed by atoms with Crippen LogP contribution in [0.5, 0.6) is 0 Å². The van der Waals surface area contributed by atoms with E-state index in [1.165, 1.54) is 17.0 Å². The summed E-state index contributed by atoms with van der Waals surface area (Å²) in [6, 6.07) is 7.18. The van der Waals surface area contributed by atoms with Crippen LogP contribution in [0, 0.1) is 5.82 Å². The lowest BCUT2D eigenvalue weighted by atomic mass is 10.1. The lowest BCUT2D eigenvalue weighted by molar-refractivity contribution is -0.140. The predicted molar refractivity (Wildman–Crippen MR) is 133 cm³/mol. The van der Waals surface area contributed by atoms with Crippen LogP contribution in [-0.2, 0) is 26.2 Å². The first-order chi connectivity index (χ1) is 15.9. The maximum Gasteiger partial charge on any atom is 0.244 e. The molecule has 0 unspecified atom stereocenters. The minimum absolute atomic E-state index is 0.0118. The monoisotopic (exact) mass is 551 g/mol. The van der Waals surface area contributed by atoms with Gasteiger partial charge in [-0.3, -0.25) is 13.9 Å². The van der Waals surface area contributed by atoms with Crippen LogP contribution in [0.15, 0.2) is 36.4 Å². The van der Waals surface area contributed by atoms with Crippen molar-refractivity contribution in [2.24, 2.45) is 0 Å². The normalized spacial score (nSPS) is 12.2. The molecule has 1 atom stereocenters. The Morgan fingerprint density at radius 2 is 1.74 bits per heavy atom. The molecule has 0 fully saturated rings. The maximum absolute atomic E-state index is 13.6. The van der Waals surface area contributed by atoms with Crippen molar-refractivity contribution < 1.29 is 22.4 Å². The molecule has 0 aliphatic rings. The van der Waals surface area contributed by atoms with Gasteiger partial charge < -0.3 is 10.2 Å². The second-order valence-electron chi connectivity index (χ2n) is 7.44. The van der Waals surface area contributed by atoms with Gasteiger partial charge in [-0.05, 0) is 49.2 Å². The summed E-state index contributed by atoms with van der Waals surface area (Å²) >= 11 is 18.1. The van der Waals surface area contributed by atoms with Crippen molar-refractivity contribution in [3.63, 3.8) is 0 Å². The number of carbonyl (C=O) groups excluding carboxylic acids is 2. The molecule has 186 valence electrons. The lowest BCUT2D eigenvalue weighted by Crippen LogP contribution is -2.52. The molecule has 12 heteroatoms. The predicted octanol–water partition coefficient (Wildman–Crippen LogP) is 4.50. The van der Waals surface area contributed by atoms with Crippen molar-refractivity contribution in [2.75, 3.05) is 23.7 Å². The van der Waals surface area contributed by atoms with Crippen LogP contribution >= 0.6 is 34.8 Å². The average Bonchev–Trinajstić information content (AvgIpc) is 2.74. The van der Waals surface area contributed by atoms with Gasteiger partial charge in [-0.15, -0.1) is 0 Å². The molecule has 0 aliphatic heterocycles. The summed E-state index contributed by atoms with van der Waals surface area (Å²) in [5.74, 6) is -1.78. The van der Waals surface area contributed by atoms with Crippen molar-refractivity contribution in [1.29, 1.82) is 0 Å². The standard InChI is InChI=1S/C22H25Cl3FN3O4S/c1-4-20(22(31)27-5-2)28(12-14-6-7-15(23)10-17(14)24)21(30)13-29(34(3,32)33)16-8-9-19(26)18(25)11-16/h6-11,20H,4-5,12-13H2,1-3H3,(H,27,31)/t20-/m0/s1. The Balaban J connectivity index is 2.48. The van der Waals surface area contributed by atoms with E-state index in [0.717, 1.165) is 22.7 Å². The minimum Gasteiger partial charge on any atom is -0.355 e. The van der Waals surface area contributed by atoms with Crippen molar-refractivity contribution in [1.82, 2.24) is 10.2 Å². The number of anilines is 1. The second kappa shape index (κ2) is 12.1. The molecule has 2 amide bonds. The summed E-state index contributed by atoms with van der Waals surface area (Å²) in [5, 5.41) is 3.09. The molecule has 0 saturated heterocycles. The highest BCUT2D eigenvalue weighted by molar-refractivity contribution is 7.92. The van der Waals surface area contributed by atoms with Crippen LogP contribution in [0.25, 0.3) is 0 Å². The molecule has 2 rings (SSSR count). The molecule has 2 aromatic carbocycles. The van der Waals surface area contributed by atoms with Crippen molar-refractivity contribution in [3.05, 3.63) is 62.8 Å². The molecule has 0 radical (unpaired) electrons. The van der Waals surface area contributed by atoms with E-state index in [0.29, 0.717) is 22.2 Å². The van der Waals surface area contributed by atoms with Crippen molar-refractivity contribution >= 4 is 62.3 Å². The Bertz CT molecular complexity index is 1160. The van der Waals surface area contributed by atoms with Gasteiger partial charge >= 0.3 is 0 Å². The van der Waals surface area contributed by atoms with E-state index in [1.54, 1.807) is 26.0 Å². The van der Waals surface area contributed by atoms with Crippen molar-refractivity contribution in [3.8, 4) is 0 Å². The molecule has 0 spiro atoms. The molecular formula is C22H25Cl3FN3O4S. The molecule has 2 aromatic rings. The summed E-state index contributed by atoms with van der Waals surface area (Å²) in [6.07, 6.45) is 1.18. The molecule has 7 nitrogen and oxygen atoms in total. The largest absolute Gasteiger partial charge is 0.355 e. The molecule has 0 aliphatic carbocycles. The number of rotatable bonds is 10. The number of carbonyl (C=O) groups is 2. The third-order valence-electron chi connectivity index (χ3n) is 4.96. The highest BCUT2D eigenvalue weighted by atomic mass is 35.5. The Hall–Kier alpha value is -2.07. The number of nitrogens with zero attached hydrogens (tertiary/aromatic N) is 2. The van der Waals surface area contributed by atoms with E-state index in [-0.39, 0.29) is 29.6 Å². The fraction of sp³-hybridized carbons (Fsp3) is 0.364. The molecule has 1 N–H and O–H groups in total. The highest BCUT2D eigenvalue weighted by Crippen LogP contribution is 2.26. The van der Waals surface area contributed by atoms with Crippen LogP contribution in [-0.4, -0.2) is 50.5 Å². The molecule has 0 heterocycles. The molecule has 0 bridgehead atoms.